The molecule has 1 saturated heterocycles. The van der Waals surface area contributed by atoms with Gasteiger partial charge in [0.2, 0.25) is 0 Å². The molecule has 1 amide bonds. The Morgan fingerprint density at radius 1 is 1.32 bits per heavy atom. The maximum absolute atomic E-state index is 13.4. The average molecular weight is 466 g/mol. The van der Waals surface area contributed by atoms with E-state index in [1.54, 1.807) is 18.2 Å². The summed E-state index contributed by atoms with van der Waals surface area (Å²) in [5.74, 6) is 3.08. The van der Waals surface area contributed by atoms with Crippen LogP contribution in [0.1, 0.15) is 80.8 Å². The molecule has 4 N–H and O–H groups in total. The zero-order valence-corrected chi connectivity index (χ0v) is 20.4. The molecular weight excluding hydrogens is 429 g/mol. The number of imidazole rings is 1. The van der Waals surface area contributed by atoms with Gasteiger partial charge < -0.3 is 15.6 Å². The van der Waals surface area contributed by atoms with Crippen molar-refractivity contribution in [3.05, 3.63) is 59.4 Å². The van der Waals surface area contributed by atoms with Crippen LogP contribution in [0.25, 0.3) is 6.08 Å². The number of amidine groups is 1. The molecule has 7 heteroatoms. The highest BCUT2D eigenvalue weighted by Gasteiger charge is 2.52. The van der Waals surface area contributed by atoms with Gasteiger partial charge in [-0.25, -0.2) is 9.37 Å². The van der Waals surface area contributed by atoms with Gasteiger partial charge in [-0.05, 0) is 78.7 Å². The van der Waals surface area contributed by atoms with Crippen LogP contribution in [0.5, 0.6) is 0 Å². The lowest BCUT2D eigenvalue weighted by atomic mass is 9.46. The first-order chi connectivity index (χ1) is 16.2. The molecule has 2 aromatic rings. The summed E-state index contributed by atoms with van der Waals surface area (Å²) in [6.45, 7) is 8.10. The van der Waals surface area contributed by atoms with E-state index < -0.39 is 5.91 Å². The van der Waals surface area contributed by atoms with Crippen molar-refractivity contribution in [3.63, 3.8) is 0 Å². The summed E-state index contributed by atoms with van der Waals surface area (Å²) in [6.07, 6.45) is 11.0. The number of carbonyl (C=O) groups is 1. The van der Waals surface area contributed by atoms with Gasteiger partial charge in [0.05, 0.1) is 12.2 Å². The van der Waals surface area contributed by atoms with Crippen LogP contribution in [0.15, 0.2) is 36.5 Å². The second-order valence-electron chi connectivity index (χ2n) is 10.6. The first kappa shape index (κ1) is 24.2. The number of benzene rings is 1. The normalized spacial score (nSPS) is 27.1. The molecule has 182 valence electrons. The number of aromatic amines is 1. The van der Waals surface area contributed by atoms with E-state index >= 15 is 0 Å². The Labute approximate surface area is 201 Å². The zero-order valence-electron chi connectivity index (χ0n) is 20.4. The van der Waals surface area contributed by atoms with E-state index in [4.69, 9.17) is 11.1 Å². The molecule has 0 spiro atoms. The first-order valence-corrected chi connectivity index (χ1v) is 12.3. The standard InChI is InChI=1S/C17H18FN5O.C10H18/c18-12-4-1-3-11(9-12)14-5-2-8-23(14)15(19)6-7-16-21-10-13(22-16)17(20)24;1-7-4-5-8-6-9(7)10(8,2)3/h1,3-4,6-7,9-10,14,19H,2,5,8H2,(H2,20,24)(H,21,22);7-9H,4-6H2,1-3H3/b7-6-,19-15?;/t14-;7-,8?,9?/m11/s1. The van der Waals surface area contributed by atoms with Crippen LogP contribution in [0, 0.1) is 34.4 Å². The minimum atomic E-state index is -0.581. The van der Waals surface area contributed by atoms with Crippen molar-refractivity contribution in [1.82, 2.24) is 14.9 Å². The van der Waals surface area contributed by atoms with Gasteiger partial charge in [-0.2, -0.15) is 0 Å². The summed E-state index contributed by atoms with van der Waals surface area (Å²) in [6, 6.07) is 6.51. The fraction of sp³-hybridized carbons (Fsp3) is 0.519. The number of nitrogens with two attached hydrogens (primary N) is 1. The van der Waals surface area contributed by atoms with Crippen molar-refractivity contribution in [1.29, 1.82) is 5.41 Å². The smallest absolute Gasteiger partial charge is 0.266 e. The molecule has 3 saturated carbocycles. The fourth-order valence-corrected chi connectivity index (χ4v) is 6.09. The molecule has 3 aliphatic carbocycles. The van der Waals surface area contributed by atoms with E-state index in [0.29, 0.717) is 17.1 Å². The zero-order chi connectivity index (χ0) is 24.5. The molecule has 1 aromatic heterocycles. The van der Waals surface area contributed by atoms with Crippen molar-refractivity contribution in [2.24, 2.45) is 28.9 Å². The van der Waals surface area contributed by atoms with Crippen molar-refractivity contribution < 1.29 is 9.18 Å². The SMILES string of the molecule is C[C@@H]1CCC2CC1C2(C)C.N=C(/C=C\c1ncc(C(N)=O)[nH]1)N1CCC[C@@H]1c1cccc(F)c1. The van der Waals surface area contributed by atoms with Gasteiger partial charge in [0, 0.05) is 6.54 Å². The van der Waals surface area contributed by atoms with Gasteiger partial charge in [-0.3, -0.25) is 10.2 Å². The van der Waals surface area contributed by atoms with Crippen LogP contribution >= 0.6 is 0 Å². The summed E-state index contributed by atoms with van der Waals surface area (Å²) in [5, 5.41) is 8.27. The maximum Gasteiger partial charge on any atom is 0.266 e. The van der Waals surface area contributed by atoms with Crippen LogP contribution < -0.4 is 5.73 Å². The molecular formula is C27H36FN5O. The predicted molar refractivity (Wildman–Crippen MR) is 133 cm³/mol. The van der Waals surface area contributed by atoms with Gasteiger partial charge in [0.1, 0.15) is 23.2 Å². The Bertz CT molecular complexity index is 1070. The lowest BCUT2D eigenvalue weighted by Crippen LogP contribution is -2.51. The van der Waals surface area contributed by atoms with E-state index in [2.05, 4.69) is 30.7 Å². The van der Waals surface area contributed by atoms with Crippen molar-refractivity contribution in [3.8, 4) is 0 Å². The monoisotopic (exact) mass is 465 g/mol. The largest absolute Gasteiger partial charge is 0.364 e. The number of likely N-dealkylation sites (tertiary alicyclic amines) is 1. The number of hydrogen-bond donors (Lipinski definition) is 3. The number of halogens is 1. The number of fused-ring (bicyclic) bond motifs is 2. The Morgan fingerprint density at radius 3 is 2.71 bits per heavy atom. The fourth-order valence-electron chi connectivity index (χ4n) is 6.09. The molecule has 0 radical (unpaired) electrons. The minimum Gasteiger partial charge on any atom is -0.364 e. The summed E-state index contributed by atoms with van der Waals surface area (Å²) in [4.78, 5) is 19.8. The van der Waals surface area contributed by atoms with Crippen molar-refractivity contribution >= 4 is 17.8 Å². The van der Waals surface area contributed by atoms with Gasteiger partial charge in [-0.15, -0.1) is 0 Å². The molecule has 2 heterocycles. The number of primary amides is 1. The van der Waals surface area contributed by atoms with Gasteiger partial charge in [0.15, 0.2) is 0 Å². The highest BCUT2D eigenvalue weighted by molar-refractivity contribution is 5.94. The third-order valence-electron chi connectivity index (χ3n) is 8.26. The highest BCUT2D eigenvalue weighted by atomic mass is 19.1. The molecule has 2 bridgehead atoms. The predicted octanol–water partition coefficient (Wildman–Crippen LogP) is 5.55. The summed E-state index contributed by atoms with van der Waals surface area (Å²) in [7, 11) is 0. The molecule has 4 aliphatic rings. The quantitative estimate of drug-likeness (QED) is 0.407. The van der Waals surface area contributed by atoms with Crippen molar-refractivity contribution in [2.75, 3.05) is 6.54 Å². The number of aromatic nitrogens is 2. The van der Waals surface area contributed by atoms with E-state index in [1.165, 1.54) is 37.6 Å². The second kappa shape index (κ2) is 9.72. The summed E-state index contributed by atoms with van der Waals surface area (Å²) in [5.41, 5.74) is 6.96. The highest BCUT2D eigenvalue weighted by Crippen LogP contribution is 2.61. The van der Waals surface area contributed by atoms with Crippen LogP contribution in [-0.2, 0) is 0 Å². The molecule has 34 heavy (non-hydrogen) atoms. The molecule has 4 fully saturated rings. The summed E-state index contributed by atoms with van der Waals surface area (Å²) < 4.78 is 13.4. The Kier molecular flexibility index (Phi) is 6.91. The Balaban J connectivity index is 0.000000226. The molecule has 1 aliphatic heterocycles. The van der Waals surface area contributed by atoms with E-state index in [9.17, 15) is 9.18 Å². The van der Waals surface area contributed by atoms with Crippen LogP contribution in [-0.4, -0.2) is 33.2 Å². The number of hydrogen-bond acceptors (Lipinski definition) is 3. The van der Waals surface area contributed by atoms with Crippen LogP contribution in [0.3, 0.4) is 0 Å². The Hall–Kier alpha value is -2.96. The lowest BCUT2D eigenvalue weighted by molar-refractivity contribution is -0.0988. The topological polar surface area (TPSA) is 98.9 Å². The summed E-state index contributed by atoms with van der Waals surface area (Å²) >= 11 is 0. The van der Waals surface area contributed by atoms with Crippen LogP contribution in [0.4, 0.5) is 4.39 Å². The van der Waals surface area contributed by atoms with E-state index in [1.807, 2.05) is 11.0 Å². The third-order valence-corrected chi connectivity index (χ3v) is 8.26. The first-order valence-electron chi connectivity index (χ1n) is 12.3. The molecule has 4 atom stereocenters. The number of rotatable bonds is 4. The molecule has 2 unspecified atom stereocenters. The number of carbonyl (C=O) groups excluding carboxylic acids is 1. The third kappa shape index (κ3) is 4.93. The van der Waals surface area contributed by atoms with Gasteiger partial charge >= 0.3 is 0 Å². The van der Waals surface area contributed by atoms with Crippen molar-refractivity contribution in [2.45, 2.75) is 58.9 Å². The number of nitrogens with zero attached hydrogens (tertiary/aromatic N) is 2. The molecule has 1 aromatic carbocycles. The van der Waals surface area contributed by atoms with E-state index in [0.717, 1.165) is 42.7 Å². The lowest BCUT2D eigenvalue weighted by Gasteiger charge is -2.59. The number of nitrogens with one attached hydrogen (secondary N) is 2. The van der Waals surface area contributed by atoms with Crippen LogP contribution in [0.2, 0.25) is 0 Å². The second-order valence-corrected chi connectivity index (χ2v) is 10.6. The molecule has 6 rings (SSSR count). The van der Waals surface area contributed by atoms with Gasteiger partial charge in [-0.1, -0.05) is 39.3 Å². The maximum atomic E-state index is 13.4. The van der Waals surface area contributed by atoms with E-state index in [-0.39, 0.29) is 17.6 Å². The Morgan fingerprint density at radius 2 is 2.12 bits per heavy atom. The average Bonchev–Trinajstić information content (AvgIpc) is 3.48. The van der Waals surface area contributed by atoms with Gasteiger partial charge in [0.25, 0.3) is 5.91 Å². The molecule has 6 nitrogen and oxygen atoms in total. The minimum absolute atomic E-state index is 0.00404. The number of H-pyrrole nitrogens is 1. The number of amides is 1.